The van der Waals surface area contributed by atoms with Crippen LogP contribution in [-0.4, -0.2) is 19.7 Å². The monoisotopic (exact) mass is 261 g/mol. The largest absolute Gasteiger partial charge is 0.373 e. The van der Waals surface area contributed by atoms with E-state index >= 15 is 0 Å². The lowest BCUT2D eigenvalue weighted by molar-refractivity contribution is -0.0386. The van der Waals surface area contributed by atoms with E-state index in [9.17, 15) is 0 Å². The van der Waals surface area contributed by atoms with Gasteiger partial charge in [-0.3, -0.25) is 0 Å². The second-order valence-electron chi connectivity index (χ2n) is 5.09. The van der Waals surface area contributed by atoms with Gasteiger partial charge < -0.3 is 10.1 Å². The molecule has 0 spiro atoms. The van der Waals surface area contributed by atoms with Crippen molar-refractivity contribution in [2.24, 2.45) is 5.92 Å². The second kappa shape index (κ2) is 5.39. The smallest absolute Gasteiger partial charge is 0.0734 e. The van der Waals surface area contributed by atoms with Crippen LogP contribution in [0.25, 0.3) is 10.1 Å². The van der Waals surface area contributed by atoms with Gasteiger partial charge in [0.15, 0.2) is 0 Å². The molecular formula is C15H19NOS. The summed E-state index contributed by atoms with van der Waals surface area (Å²) < 4.78 is 7.34. The first kappa shape index (κ1) is 12.2. The van der Waals surface area contributed by atoms with E-state index in [1.807, 2.05) is 18.4 Å². The Bertz CT molecular complexity index is 516. The minimum Gasteiger partial charge on any atom is -0.373 e. The number of nitrogens with one attached hydrogen (secondary N) is 1. The summed E-state index contributed by atoms with van der Waals surface area (Å²) in [6, 6.07) is 8.56. The Morgan fingerprint density at radius 2 is 2.17 bits per heavy atom. The molecule has 1 fully saturated rings. The SMILES string of the molecule is CNCC1CC(OCc2csc3ccccc23)C1. The predicted octanol–water partition coefficient (Wildman–Crippen LogP) is 3.42. The van der Waals surface area contributed by atoms with Gasteiger partial charge in [-0.1, -0.05) is 18.2 Å². The first-order valence-corrected chi connectivity index (χ1v) is 7.46. The highest BCUT2D eigenvalue weighted by atomic mass is 32.1. The summed E-state index contributed by atoms with van der Waals surface area (Å²) >= 11 is 1.81. The van der Waals surface area contributed by atoms with Crippen LogP contribution in [0.1, 0.15) is 18.4 Å². The Kier molecular flexibility index (Phi) is 3.64. The number of hydrogen-bond acceptors (Lipinski definition) is 3. The highest BCUT2D eigenvalue weighted by Gasteiger charge is 2.29. The lowest BCUT2D eigenvalue weighted by Gasteiger charge is -2.35. The Morgan fingerprint density at radius 3 is 3.00 bits per heavy atom. The van der Waals surface area contributed by atoms with Gasteiger partial charge in [0, 0.05) is 4.70 Å². The van der Waals surface area contributed by atoms with Crippen molar-refractivity contribution < 1.29 is 4.74 Å². The molecule has 1 heterocycles. The quantitative estimate of drug-likeness (QED) is 0.890. The van der Waals surface area contributed by atoms with Crippen LogP contribution in [0.5, 0.6) is 0 Å². The molecule has 3 heteroatoms. The van der Waals surface area contributed by atoms with Crippen molar-refractivity contribution in [1.29, 1.82) is 0 Å². The number of benzene rings is 1. The van der Waals surface area contributed by atoms with Crippen molar-refractivity contribution in [2.75, 3.05) is 13.6 Å². The molecule has 1 N–H and O–H groups in total. The van der Waals surface area contributed by atoms with E-state index in [4.69, 9.17) is 4.74 Å². The van der Waals surface area contributed by atoms with Gasteiger partial charge in [0.1, 0.15) is 0 Å². The highest BCUT2D eigenvalue weighted by Crippen LogP contribution is 2.32. The molecular weight excluding hydrogens is 242 g/mol. The topological polar surface area (TPSA) is 21.3 Å². The van der Waals surface area contributed by atoms with Gasteiger partial charge in [0.2, 0.25) is 0 Å². The lowest BCUT2D eigenvalue weighted by atomic mass is 9.82. The third-order valence-corrected chi connectivity index (χ3v) is 4.73. The van der Waals surface area contributed by atoms with Crippen molar-refractivity contribution in [1.82, 2.24) is 5.32 Å². The van der Waals surface area contributed by atoms with E-state index in [1.165, 1.54) is 28.5 Å². The van der Waals surface area contributed by atoms with E-state index in [1.54, 1.807) is 0 Å². The maximum Gasteiger partial charge on any atom is 0.0734 e. The van der Waals surface area contributed by atoms with Crippen LogP contribution in [0.4, 0.5) is 0 Å². The Hall–Kier alpha value is -0.900. The normalized spacial score (nSPS) is 23.2. The van der Waals surface area contributed by atoms with E-state index < -0.39 is 0 Å². The fourth-order valence-electron chi connectivity index (χ4n) is 2.62. The molecule has 0 radical (unpaired) electrons. The van der Waals surface area contributed by atoms with E-state index in [0.29, 0.717) is 6.10 Å². The summed E-state index contributed by atoms with van der Waals surface area (Å²) in [6.45, 7) is 1.89. The number of ether oxygens (including phenoxy) is 1. The molecule has 1 aromatic heterocycles. The molecule has 1 aromatic carbocycles. The fourth-order valence-corrected chi connectivity index (χ4v) is 3.57. The molecule has 2 nitrogen and oxygen atoms in total. The second-order valence-corrected chi connectivity index (χ2v) is 6.00. The van der Waals surface area contributed by atoms with Gasteiger partial charge in [-0.15, -0.1) is 11.3 Å². The molecule has 0 aliphatic heterocycles. The first-order chi connectivity index (χ1) is 8.86. The predicted molar refractivity (Wildman–Crippen MR) is 77.1 cm³/mol. The van der Waals surface area contributed by atoms with E-state index in [2.05, 4.69) is 35.0 Å². The maximum atomic E-state index is 5.99. The zero-order chi connectivity index (χ0) is 12.4. The van der Waals surface area contributed by atoms with Crippen LogP contribution in [0.3, 0.4) is 0 Å². The van der Waals surface area contributed by atoms with Crippen molar-refractivity contribution in [3.8, 4) is 0 Å². The minimum atomic E-state index is 0.474. The summed E-state index contributed by atoms with van der Waals surface area (Å²) in [7, 11) is 2.02. The zero-order valence-corrected chi connectivity index (χ0v) is 11.5. The molecule has 0 atom stereocenters. The van der Waals surface area contributed by atoms with Gasteiger partial charge in [-0.2, -0.15) is 0 Å². The Balaban J connectivity index is 1.55. The van der Waals surface area contributed by atoms with Crippen molar-refractivity contribution in [3.63, 3.8) is 0 Å². The van der Waals surface area contributed by atoms with E-state index in [0.717, 1.165) is 19.1 Å². The molecule has 96 valence electrons. The Labute approximate surface area is 112 Å². The number of hydrogen-bond donors (Lipinski definition) is 1. The lowest BCUT2D eigenvalue weighted by Crippen LogP contribution is -2.36. The standard InChI is InChI=1S/C15H19NOS/c1-16-8-11-6-13(7-11)17-9-12-10-18-15-5-3-2-4-14(12)15/h2-5,10-11,13,16H,6-9H2,1H3. The highest BCUT2D eigenvalue weighted by molar-refractivity contribution is 7.17. The molecule has 18 heavy (non-hydrogen) atoms. The van der Waals surface area contributed by atoms with E-state index in [-0.39, 0.29) is 0 Å². The van der Waals surface area contributed by atoms with Crippen molar-refractivity contribution >= 4 is 21.4 Å². The third kappa shape index (κ3) is 2.44. The van der Waals surface area contributed by atoms with Gasteiger partial charge in [0.25, 0.3) is 0 Å². The summed E-state index contributed by atoms with van der Waals surface area (Å²) in [5.41, 5.74) is 1.34. The fraction of sp³-hybridized carbons (Fsp3) is 0.467. The van der Waals surface area contributed by atoms with Crippen LogP contribution in [-0.2, 0) is 11.3 Å². The molecule has 0 bridgehead atoms. The third-order valence-electron chi connectivity index (χ3n) is 3.72. The zero-order valence-electron chi connectivity index (χ0n) is 10.7. The maximum absolute atomic E-state index is 5.99. The average molecular weight is 261 g/mol. The van der Waals surface area contributed by atoms with Crippen LogP contribution in [0.15, 0.2) is 29.6 Å². The molecule has 1 saturated carbocycles. The molecule has 3 rings (SSSR count). The number of thiophene rings is 1. The van der Waals surface area contributed by atoms with Crippen LogP contribution in [0.2, 0.25) is 0 Å². The summed E-state index contributed by atoms with van der Waals surface area (Å²) in [4.78, 5) is 0. The number of rotatable bonds is 5. The van der Waals surface area contributed by atoms with Crippen molar-refractivity contribution in [3.05, 3.63) is 35.2 Å². The van der Waals surface area contributed by atoms with Gasteiger partial charge in [0.05, 0.1) is 12.7 Å². The first-order valence-electron chi connectivity index (χ1n) is 6.58. The Morgan fingerprint density at radius 1 is 1.33 bits per heavy atom. The van der Waals surface area contributed by atoms with Crippen LogP contribution < -0.4 is 5.32 Å². The van der Waals surface area contributed by atoms with Crippen LogP contribution >= 0.6 is 11.3 Å². The minimum absolute atomic E-state index is 0.474. The molecule has 1 aliphatic rings. The molecule has 0 saturated heterocycles. The summed E-state index contributed by atoms with van der Waals surface area (Å²) in [6.07, 6.45) is 2.90. The van der Waals surface area contributed by atoms with Crippen molar-refractivity contribution in [2.45, 2.75) is 25.6 Å². The van der Waals surface area contributed by atoms with Crippen LogP contribution in [0, 0.1) is 5.92 Å². The molecule has 0 unspecified atom stereocenters. The molecule has 2 aromatic rings. The molecule has 1 aliphatic carbocycles. The average Bonchev–Trinajstić information content (AvgIpc) is 2.75. The van der Waals surface area contributed by atoms with Gasteiger partial charge in [-0.25, -0.2) is 0 Å². The number of fused-ring (bicyclic) bond motifs is 1. The molecule has 0 amide bonds. The van der Waals surface area contributed by atoms with Gasteiger partial charge in [-0.05, 0) is 54.7 Å². The van der Waals surface area contributed by atoms with Gasteiger partial charge >= 0.3 is 0 Å². The summed E-state index contributed by atoms with van der Waals surface area (Å²) in [5.74, 6) is 0.819. The summed E-state index contributed by atoms with van der Waals surface area (Å²) in [5, 5.41) is 6.82.